The molecule has 2 aromatic rings. The first-order valence-electron chi connectivity index (χ1n) is 10.2. The fourth-order valence-corrected chi connectivity index (χ4v) is 2.91. The average Bonchev–Trinajstić information content (AvgIpc) is 2.72. The van der Waals surface area contributed by atoms with E-state index in [9.17, 15) is 0 Å². The van der Waals surface area contributed by atoms with Crippen molar-refractivity contribution in [2.45, 2.75) is 26.2 Å². The Balaban J connectivity index is 1.81. The molecule has 0 aliphatic rings. The molecule has 2 aromatic carbocycles. The Bertz CT molecular complexity index is 597. The summed E-state index contributed by atoms with van der Waals surface area (Å²) < 4.78 is 5.72. The van der Waals surface area contributed by atoms with Gasteiger partial charge in [0.05, 0.1) is 26.2 Å². The van der Waals surface area contributed by atoms with Crippen molar-refractivity contribution in [1.29, 1.82) is 0 Å². The molecule has 144 valence electrons. The van der Waals surface area contributed by atoms with Gasteiger partial charge in [-0.25, -0.2) is 0 Å². The minimum atomic E-state index is 0.869. The second-order valence-electron chi connectivity index (χ2n) is 6.85. The standard InChI is InChI=1S/C25H33NO/c1-2-3-22-27-23-12-21-26(19-10-17-24-13-6-4-7-14-24)20-11-18-25-15-8-5-9-16-25/h4-11,13-18H,2-3,12,19-23H2,1H3/p+1/b17-10+,18-11+. The molecular formula is C25H34NO+. The van der Waals surface area contributed by atoms with Crippen molar-refractivity contribution < 1.29 is 9.64 Å². The lowest BCUT2D eigenvalue weighted by atomic mass is 10.2. The number of ether oxygens (including phenoxy) is 1. The van der Waals surface area contributed by atoms with Crippen molar-refractivity contribution in [2.75, 3.05) is 32.8 Å². The van der Waals surface area contributed by atoms with Crippen molar-refractivity contribution >= 4 is 12.2 Å². The summed E-state index contributed by atoms with van der Waals surface area (Å²) in [6.45, 7) is 7.16. The molecule has 0 saturated carbocycles. The lowest BCUT2D eigenvalue weighted by molar-refractivity contribution is -0.888. The van der Waals surface area contributed by atoms with Gasteiger partial charge in [0.1, 0.15) is 0 Å². The van der Waals surface area contributed by atoms with Gasteiger partial charge in [0, 0.05) is 13.0 Å². The molecule has 0 spiro atoms. The van der Waals surface area contributed by atoms with Crippen molar-refractivity contribution in [3.05, 3.63) is 83.9 Å². The van der Waals surface area contributed by atoms with E-state index in [1.807, 2.05) is 0 Å². The van der Waals surface area contributed by atoms with Crippen LogP contribution < -0.4 is 4.90 Å². The molecule has 0 atom stereocenters. The monoisotopic (exact) mass is 364 g/mol. The molecule has 0 radical (unpaired) electrons. The SMILES string of the molecule is CCCCOCCC[NH+](C/C=C/c1ccccc1)C/C=C/c1ccccc1. The van der Waals surface area contributed by atoms with E-state index in [0.717, 1.165) is 45.7 Å². The van der Waals surface area contributed by atoms with Crippen LogP contribution in [0.5, 0.6) is 0 Å². The zero-order valence-electron chi connectivity index (χ0n) is 16.6. The van der Waals surface area contributed by atoms with Gasteiger partial charge in [-0.2, -0.15) is 0 Å². The third kappa shape index (κ3) is 9.93. The first-order chi connectivity index (χ1) is 13.4. The van der Waals surface area contributed by atoms with E-state index >= 15 is 0 Å². The molecule has 0 amide bonds. The van der Waals surface area contributed by atoms with Crippen molar-refractivity contribution in [2.24, 2.45) is 0 Å². The number of nitrogens with one attached hydrogen (secondary N) is 1. The van der Waals surface area contributed by atoms with Crippen LogP contribution in [-0.4, -0.2) is 32.8 Å². The first-order valence-corrected chi connectivity index (χ1v) is 10.2. The molecule has 2 nitrogen and oxygen atoms in total. The lowest BCUT2D eigenvalue weighted by Crippen LogP contribution is -3.11. The summed E-state index contributed by atoms with van der Waals surface area (Å²) in [6, 6.07) is 21.0. The third-order valence-corrected chi connectivity index (χ3v) is 4.49. The Morgan fingerprint density at radius 1 is 0.741 bits per heavy atom. The second-order valence-corrected chi connectivity index (χ2v) is 6.85. The fraction of sp³-hybridized carbons (Fsp3) is 0.360. The predicted molar refractivity (Wildman–Crippen MR) is 117 cm³/mol. The van der Waals surface area contributed by atoms with Gasteiger partial charge in [-0.3, -0.25) is 0 Å². The van der Waals surface area contributed by atoms with Crippen LogP contribution in [0.2, 0.25) is 0 Å². The van der Waals surface area contributed by atoms with Gasteiger partial charge in [0.25, 0.3) is 0 Å². The van der Waals surface area contributed by atoms with E-state index in [4.69, 9.17) is 4.74 Å². The molecule has 0 saturated heterocycles. The van der Waals surface area contributed by atoms with Crippen LogP contribution in [0.3, 0.4) is 0 Å². The Labute approximate surface area is 165 Å². The van der Waals surface area contributed by atoms with Crippen LogP contribution >= 0.6 is 0 Å². The zero-order valence-corrected chi connectivity index (χ0v) is 16.6. The normalized spacial score (nSPS) is 11.8. The molecule has 0 fully saturated rings. The highest BCUT2D eigenvalue weighted by Gasteiger charge is 2.04. The van der Waals surface area contributed by atoms with Crippen molar-refractivity contribution in [1.82, 2.24) is 0 Å². The maximum absolute atomic E-state index is 5.72. The van der Waals surface area contributed by atoms with E-state index in [-0.39, 0.29) is 0 Å². The molecule has 0 aliphatic carbocycles. The molecule has 2 heteroatoms. The van der Waals surface area contributed by atoms with Gasteiger partial charge in [-0.05, 0) is 29.7 Å². The highest BCUT2D eigenvalue weighted by molar-refractivity contribution is 5.49. The molecular weight excluding hydrogens is 330 g/mol. The summed E-state index contributed by atoms with van der Waals surface area (Å²) in [6.07, 6.45) is 12.5. The van der Waals surface area contributed by atoms with Crippen LogP contribution in [0.4, 0.5) is 0 Å². The smallest absolute Gasteiger partial charge is 0.0963 e. The minimum absolute atomic E-state index is 0.869. The quantitative estimate of drug-likeness (QED) is 0.517. The number of unbranched alkanes of at least 4 members (excludes halogenated alkanes) is 1. The molecule has 0 heterocycles. The summed E-state index contributed by atoms with van der Waals surface area (Å²) >= 11 is 0. The molecule has 27 heavy (non-hydrogen) atoms. The summed E-state index contributed by atoms with van der Waals surface area (Å²) in [5.41, 5.74) is 2.53. The van der Waals surface area contributed by atoms with Gasteiger partial charge < -0.3 is 9.64 Å². The number of hydrogen-bond donors (Lipinski definition) is 1. The van der Waals surface area contributed by atoms with E-state index in [2.05, 4.69) is 91.9 Å². The highest BCUT2D eigenvalue weighted by atomic mass is 16.5. The number of rotatable bonds is 13. The van der Waals surface area contributed by atoms with Crippen LogP contribution in [0.1, 0.15) is 37.3 Å². The maximum atomic E-state index is 5.72. The summed E-state index contributed by atoms with van der Waals surface area (Å²) in [5.74, 6) is 0. The highest BCUT2D eigenvalue weighted by Crippen LogP contribution is 2.01. The first kappa shape index (κ1) is 21.1. The molecule has 0 unspecified atom stereocenters. The van der Waals surface area contributed by atoms with Gasteiger partial charge in [0.2, 0.25) is 0 Å². The second kappa shape index (κ2) is 14.0. The van der Waals surface area contributed by atoms with Crippen molar-refractivity contribution in [3.63, 3.8) is 0 Å². The summed E-state index contributed by atoms with van der Waals surface area (Å²) in [5, 5.41) is 0. The van der Waals surface area contributed by atoms with Crippen LogP contribution in [0.15, 0.2) is 72.8 Å². The van der Waals surface area contributed by atoms with Crippen LogP contribution in [0, 0.1) is 0 Å². The fourth-order valence-electron chi connectivity index (χ4n) is 2.91. The maximum Gasteiger partial charge on any atom is 0.0963 e. The molecule has 0 bridgehead atoms. The number of quaternary nitrogens is 1. The van der Waals surface area contributed by atoms with E-state index in [0.29, 0.717) is 0 Å². The van der Waals surface area contributed by atoms with E-state index < -0.39 is 0 Å². The summed E-state index contributed by atoms with van der Waals surface area (Å²) in [7, 11) is 0. The Morgan fingerprint density at radius 3 is 1.78 bits per heavy atom. The van der Waals surface area contributed by atoms with Gasteiger partial charge in [-0.1, -0.05) is 86.2 Å². The van der Waals surface area contributed by atoms with Gasteiger partial charge in [-0.15, -0.1) is 0 Å². The number of hydrogen-bond acceptors (Lipinski definition) is 1. The average molecular weight is 365 g/mol. The van der Waals surface area contributed by atoms with Gasteiger partial charge >= 0.3 is 0 Å². The lowest BCUT2D eigenvalue weighted by Gasteiger charge is -2.16. The Hall–Kier alpha value is -2.16. The van der Waals surface area contributed by atoms with E-state index in [1.54, 1.807) is 4.90 Å². The van der Waals surface area contributed by atoms with Crippen molar-refractivity contribution in [3.8, 4) is 0 Å². The summed E-state index contributed by atoms with van der Waals surface area (Å²) in [4.78, 5) is 1.56. The topological polar surface area (TPSA) is 13.7 Å². The van der Waals surface area contributed by atoms with E-state index in [1.165, 1.54) is 17.5 Å². The molecule has 0 aromatic heterocycles. The minimum Gasteiger partial charge on any atom is -0.381 e. The van der Waals surface area contributed by atoms with Crippen LogP contribution in [0.25, 0.3) is 12.2 Å². The Kier molecular flexibility index (Phi) is 10.9. The molecule has 0 aliphatic heterocycles. The molecule has 1 N–H and O–H groups in total. The Morgan fingerprint density at radius 2 is 1.26 bits per heavy atom. The van der Waals surface area contributed by atoms with Crippen LogP contribution in [-0.2, 0) is 4.74 Å². The molecule has 2 rings (SSSR count). The predicted octanol–water partition coefficient (Wildman–Crippen LogP) is 4.50. The third-order valence-electron chi connectivity index (χ3n) is 4.49. The number of benzene rings is 2. The largest absolute Gasteiger partial charge is 0.381 e. The van der Waals surface area contributed by atoms with Gasteiger partial charge in [0.15, 0.2) is 0 Å². The zero-order chi connectivity index (χ0) is 19.0.